The van der Waals surface area contributed by atoms with Crippen LogP contribution in [0.3, 0.4) is 0 Å². The first-order valence-corrected chi connectivity index (χ1v) is 6.30. The summed E-state index contributed by atoms with van der Waals surface area (Å²) in [6.07, 6.45) is 3.18. The maximum absolute atomic E-state index is 12.2. The number of benzene rings is 1. The van der Waals surface area contributed by atoms with E-state index in [9.17, 15) is 4.79 Å². The number of amides is 1. The number of carbonyl (C=O) groups is 1. The Kier molecular flexibility index (Phi) is 2.85. The van der Waals surface area contributed by atoms with E-state index in [-0.39, 0.29) is 17.9 Å². The van der Waals surface area contributed by atoms with Gasteiger partial charge in [0.15, 0.2) is 0 Å². The van der Waals surface area contributed by atoms with E-state index >= 15 is 0 Å². The lowest BCUT2D eigenvalue weighted by molar-refractivity contribution is -0.127. The van der Waals surface area contributed by atoms with Crippen molar-refractivity contribution in [2.45, 2.75) is 31.2 Å². The first-order chi connectivity index (χ1) is 8.34. The molecule has 1 saturated heterocycles. The van der Waals surface area contributed by atoms with Gasteiger partial charge in [-0.05, 0) is 30.4 Å². The third-order valence-electron chi connectivity index (χ3n) is 3.67. The molecule has 1 aliphatic carbocycles. The second-order valence-electron chi connectivity index (χ2n) is 4.89. The molecule has 0 bridgehead atoms. The van der Waals surface area contributed by atoms with Gasteiger partial charge in [-0.2, -0.15) is 0 Å². The Morgan fingerprint density at radius 2 is 2.12 bits per heavy atom. The van der Waals surface area contributed by atoms with Crippen LogP contribution in [0.25, 0.3) is 0 Å². The average molecular weight is 231 g/mol. The predicted octanol–water partition coefficient (Wildman–Crippen LogP) is 1.62. The van der Waals surface area contributed by atoms with Crippen molar-refractivity contribution in [3.8, 4) is 0 Å². The van der Waals surface area contributed by atoms with Gasteiger partial charge in [-0.3, -0.25) is 4.79 Å². The summed E-state index contributed by atoms with van der Waals surface area (Å²) in [6, 6.07) is 8.55. The predicted molar refractivity (Wildman–Crippen MR) is 64.9 cm³/mol. The Morgan fingerprint density at radius 1 is 1.29 bits per heavy atom. The summed E-state index contributed by atoms with van der Waals surface area (Å²) in [4.78, 5) is 12.2. The zero-order chi connectivity index (χ0) is 11.7. The van der Waals surface area contributed by atoms with Crippen molar-refractivity contribution in [1.82, 2.24) is 5.32 Å². The van der Waals surface area contributed by atoms with Gasteiger partial charge < -0.3 is 10.1 Å². The smallest absolute Gasteiger partial charge is 0.227 e. The van der Waals surface area contributed by atoms with Crippen LogP contribution >= 0.6 is 0 Å². The van der Waals surface area contributed by atoms with Gasteiger partial charge in [-0.15, -0.1) is 0 Å². The number of rotatable bonds is 2. The minimum absolute atomic E-state index is 0.0422. The lowest BCUT2D eigenvalue weighted by Crippen LogP contribution is -2.50. The average Bonchev–Trinajstić information content (AvgIpc) is 2.33. The molecule has 1 aromatic rings. The lowest BCUT2D eigenvalue weighted by Gasteiger charge is -2.30. The first kappa shape index (κ1) is 10.8. The van der Waals surface area contributed by atoms with Crippen LogP contribution in [0.2, 0.25) is 0 Å². The van der Waals surface area contributed by atoms with Crippen molar-refractivity contribution in [2.24, 2.45) is 0 Å². The number of aryl methyl sites for hydroxylation is 1. The van der Waals surface area contributed by atoms with Crippen LogP contribution in [-0.4, -0.2) is 25.2 Å². The molecule has 1 atom stereocenters. The van der Waals surface area contributed by atoms with Crippen molar-refractivity contribution in [3.63, 3.8) is 0 Å². The zero-order valence-corrected chi connectivity index (χ0v) is 9.82. The van der Waals surface area contributed by atoms with Crippen LogP contribution in [0.4, 0.5) is 0 Å². The van der Waals surface area contributed by atoms with E-state index in [0.29, 0.717) is 13.2 Å². The normalized spacial score (nSPS) is 23.6. The van der Waals surface area contributed by atoms with Crippen molar-refractivity contribution < 1.29 is 9.53 Å². The van der Waals surface area contributed by atoms with Gasteiger partial charge in [0.2, 0.25) is 5.91 Å². The van der Waals surface area contributed by atoms with Gasteiger partial charge in [-0.25, -0.2) is 0 Å². The van der Waals surface area contributed by atoms with E-state index in [1.807, 2.05) is 6.07 Å². The van der Waals surface area contributed by atoms with Crippen LogP contribution in [0.1, 0.15) is 29.9 Å². The summed E-state index contributed by atoms with van der Waals surface area (Å²) in [5, 5.41) is 3.06. The molecule has 0 saturated carbocycles. The van der Waals surface area contributed by atoms with Gasteiger partial charge in [-0.1, -0.05) is 24.3 Å². The zero-order valence-electron chi connectivity index (χ0n) is 9.82. The molecule has 0 radical (unpaired) electrons. The molecule has 3 heteroatoms. The Labute approximate surface area is 101 Å². The van der Waals surface area contributed by atoms with Crippen molar-refractivity contribution in [3.05, 3.63) is 35.4 Å². The maximum Gasteiger partial charge on any atom is 0.227 e. The highest BCUT2D eigenvalue weighted by atomic mass is 16.5. The Hall–Kier alpha value is -1.35. The fraction of sp³-hybridized carbons (Fsp3) is 0.500. The minimum Gasteiger partial charge on any atom is -0.377 e. The summed E-state index contributed by atoms with van der Waals surface area (Å²) >= 11 is 0. The Bertz CT molecular complexity index is 426. The summed E-state index contributed by atoms with van der Waals surface area (Å²) in [7, 11) is 0. The Balaban J connectivity index is 1.77. The molecule has 0 aromatic heterocycles. The molecule has 1 aliphatic heterocycles. The lowest BCUT2D eigenvalue weighted by atomic mass is 9.82. The molecule has 2 aliphatic rings. The Morgan fingerprint density at radius 3 is 2.88 bits per heavy atom. The van der Waals surface area contributed by atoms with Gasteiger partial charge in [0.05, 0.1) is 25.2 Å². The standard InChI is InChI=1S/C14H17NO2/c16-14(15-11-8-17-9-11)13-7-3-5-10-4-1-2-6-12(10)13/h1-2,4,6,11,13H,3,5,7-9H2,(H,15,16). The summed E-state index contributed by atoms with van der Waals surface area (Å²) in [5.74, 6) is 0.214. The van der Waals surface area contributed by atoms with E-state index in [1.165, 1.54) is 11.1 Å². The van der Waals surface area contributed by atoms with Crippen LogP contribution in [0.5, 0.6) is 0 Å². The van der Waals surface area contributed by atoms with Crippen LogP contribution in [0, 0.1) is 0 Å². The molecule has 1 fully saturated rings. The molecule has 1 amide bonds. The molecule has 1 unspecified atom stereocenters. The number of carbonyl (C=O) groups excluding carboxylic acids is 1. The molecule has 0 spiro atoms. The third-order valence-corrected chi connectivity index (χ3v) is 3.67. The molecule has 3 rings (SSSR count). The molecule has 17 heavy (non-hydrogen) atoms. The molecule has 1 heterocycles. The summed E-state index contributed by atoms with van der Waals surface area (Å²) in [6.45, 7) is 1.33. The van der Waals surface area contributed by atoms with Crippen molar-refractivity contribution in [1.29, 1.82) is 0 Å². The number of ether oxygens (including phenoxy) is 1. The highest BCUT2D eigenvalue weighted by molar-refractivity contribution is 5.84. The molecular formula is C14H17NO2. The summed E-state index contributed by atoms with van der Waals surface area (Å²) < 4.78 is 5.08. The first-order valence-electron chi connectivity index (χ1n) is 6.30. The van der Waals surface area contributed by atoms with E-state index < -0.39 is 0 Å². The largest absolute Gasteiger partial charge is 0.377 e. The van der Waals surface area contributed by atoms with Gasteiger partial charge >= 0.3 is 0 Å². The number of hydrogen-bond acceptors (Lipinski definition) is 2. The van der Waals surface area contributed by atoms with E-state index in [1.54, 1.807) is 0 Å². The monoisotopic (exact) mass is 231 g/mol. The highest BCUT2D eigenvalue weighted by Crippen LogP contribution is 2.31. The van der Waals surface area contributed by atoms with Crippen molar-refractivity contribution >= 4 is 5.91 Å². The van der Waals surface area contributed by atoms with E-state index in [4.69, 9.17) is 4.74 Å². The molecule has 90 valence electrons. The van der Waals surface area contributed by atoms with Gasteiger partial charge in [0, 0.05) is 0 Å². The third kappa shape index (κ3) is 2.07. The molecular weight excluding hydrogens is 214 g/mol. The quantitative estimate of drug-likeness (QED) is 0.840. The molecule has 1 N–H and O–H groups in total. The summed E-state index contributed by atoms with van der Waals surface area (Å²) in [5.41, 5.74) is 2.56. The second-order valence-corrected chi connectivity index (χ2v) is 4.89. The van der Waals surface area contributed by atoms with Crippen LogP contribution in [-0.2, 0) is 16.0 Å². The van der Waals surface area contributed by atoms with E-state index in [2.05, 4.69) is 23.5 Å². The number of nitrogens with one attached hydrogen (secondary N) is 1. The van der Waals surface area contributed by atoms with Gasteiger partial charge in [0.1, 0.15) is 0 Å². The minimum atomic E-state index is 0.0422. The topological polar surface area (TPSA) is 38.3 Å². The molecule has 1 aromatic carbocycles. The fourth-order valence-electron chi connectivity index (χ4n) is 2.65. The van der Waals surface area contributed by atoms with Crippen molar-refractivity contribution in [2.75, 3.05) is 13.2 Å². The maximum atomic E-state index is 12.2. The number of hydrogen-bond donors (Lipinski definition) is 1. The van der Waals surface area contributed by atoms with Crippen LogP contribution < -0.4 is 5.32 Å². The highest BCUT2D eigenvalue weighted by Gasteiger charge is 2.29. The van der Waals surface area contributed by atoms with E-state index in [0.717, 1.165) is 19.3 Å². The second kappa shape index (κ2) is 4.49. The van der Waals surface area contributed by atoms with Crippen LogP contribution in [0.15, 0.2) is 24.3 Å². The fourth-order valence-corrected chi connectivity index (χ4v) is 2.65. The SMILES string of the molecule is O=C(NC1COC1)C1CCCc2ccccc21. The van der Waals surface area contributed by atoms with Gasteiger partial charge in [0.25, 0.3) is 0 Å². The molecule has 3 nitrogen and oxygen atoms in total. The number of fused-ring (bicyclic) bond motifs is 1.